The molecule has 0 heterocycles. The number of rotatable bonds is 6. The first-order chi connectivity index (χ1) is 6.15. The minimum absolute atomic E-state index is 0.0392. The van der Waals surface area contributed by atoms with Crippen LogP contribution in [0.3, 0.4) is 0 Å². The normalized spacial score (nSPS) is 15.1. The second-order valence-electron chi connectivity index (χ2n) is 2.75. The SMILES string of the molecule is COCC(=O)NC(C)C(CO)SC. The lowest BCUT2D eigenvalue weighted by atomic mass is 10.2. The van der Waals surface area contributed by atoms with Crippen molar-refractivity contribution in [1.29, 1.82) is 0 Å². The van der Waals surface area contributed by atoms with E-state index in [9.17, 15) is 4.79 Å². The molecular formula is C8H17NO3S. The van der Waals surface area contributed by atoms with Crippen LogP contribution < -0.4 is 5.32 Å². The monoisotopic (exact) mass is 207 g/mol. The molecule has 2 atom stereocenters. The molecule has 0 aliphatic heterocycles. The Morgan fingerprint density at radius 2 is 2.31 bits per heavy atom. The van der Waals surface area contributed by atoms with Gasteiger partial charge < -0.3 is 15.2 Å². The lowest BCUT2D eigenvalue weighted by Crippen LogP contribution is -2.42. The summed E-state index contributed by atoms with van der Waals surface area (Å²) in [5, 5.41) is 11.7. The molecule has 0 bridgehead atoms. The van der Waals surface area contributed by atoms with E-state index in [1.807, 2.05) is 13.2 Å². The van der Waals surface area contributed by atoms with Crippen LogP contribution in [0.2, 0.25) is 0 Å². The quantitative estimate of drug-likeness (QED) is 0.636. The molecule has 4 nitrogen and oxygen atoms in total. The molecule has 0 aromatic heterocycles. The zero-order chi connectivity index (χ0) is 10.3. The minimum Gasteiger partial charge on any atom is -0.395 e. The van der Waals surface area contributed by atoms with Crippen molar-refractivity contribution in [1.82, 2.24) is 5.32 Å². The Kier molecular flexibility index (Phi) is 7.03. The van der Waals surface area contributed by atoms with Gasteiger partial charge in [0, 0.05) is 18.4 Å². The summed E-state index contributed by atoms with van der Waals surface area (Å²) in [5.74, 6) is -0.150. The first kappa shape index (κ1) is 12.7. The van der Waals surface area contributed by atoms with Gasteiger partial charge in [-0.15, -0.1) is 0 Å². The number of methoxy groups -OCH3 is 1. The number of aliphatic hydroxyl groups excluding tert-OH is 1. The van der Waals surface area contributed by atoms with Crippen molar-refractivity contribution in [2.75, 3.05) is 26.6 Å². The minimum atomic E-state index is -0.150. The number of carbonyl (C=O) groups is 1. The van der Waals surface area contributed by atoms with Crippen molar-refractivity contribution in [3.63, 3.8) is 0 Å². The summed E-state index contributed by atoms with van der Waals surface area (Å²) < 4.78 is 4.67. The Bertz CT molecular complexity index is 150. The van der Waals surface area contributed by atoms with Crippen LogP contribution in [0.1, 0.15) is 6.92 Å². The third-order valence-corrected chi connectivity index (χ3v) is 2.87. The summed E-state index contributed by atoms with van der Waals surface area (Å²) in [6.07, 6.45) is 1.90. The number of amides is 1. The fraction of sp³-hybridized carbons (Fsp3) is 0.875. The summed E-state index contributed by atoms with van der Waals surface area (Å²) in [6, 6.07) is -0.0392. The van der Waals surface area contributed by atoms with Gasteiger partial charge in [0.25, 0.3) is 0 Å². The Morgan fingerprint density at radius 1 is 1.69 bits per heavy atom. The predicted octanol–water partition coefficient (Wildman–Crippen LogP) is -0.139. The number of nitrogens with one attached hydrogen (secondary N) is 1. The van der Waals surface area contributed by atoms with Gasteiger partial charge in [0.2, 0.25) is 5.91 Å². The summed E-state index contributed by atoms with van der Waals surface area (Å²) >= 11 is 1.53. The molecule has 0 aliphatic rings. The van der Waals surface area contributed by atoms with Crippen molar-refractivity contribution in [3.8, 4) is 0 Å². The molecule has 2 unspecified atom stereocenters. The number of hydrogen-bond donors (Lipinski definition) is 2. The molecule has 0 fully saturated rings. The molecule has 0 spiro atoms. The van der Waals surface area contributed by atoms with E-state index in [4.69, 9.17) is 5.11 Å². The van der Waals surface area contributed by atoms with Crippen LogP contribution in [0.15, 0.2) is 0 Å². The van der Waals surface area contributed by atoms with Crippen LogP contribution in [-0.2, 0) is 9.53 Å². The molecule has 0 rings (SSSR count). The van der Waals surface area contributed by atoms with Gasteiger partial charge in [0.1, 0.15) is 6.61 Å². The molecular weight excluding hydrogens is 190 g/mol. The van der Waals surface area contributed by atoms with Gasteiger partial charge in [-0.05, 0) is 13.2 Å². The number of carbonyl (C=O) groups excluding carboxylic acids is 1. The first-order valence-corrected chi connectivity index (χ1v) is 5.36. The van der Waals surface area contributed by atoms with Gasteiger partial charge >= 0.3 is 0 Å². The highest BCUT2D eigenvalue weighted by molar-refractivity contribution is 7.99. The first-order valence-electron chi connectivity index (χ1n) is 4.07. The molecule has 0 saturated carbocycles. The highest BCUT2D eigenvalue weighted by atomic mass is 32.2. The third-order valence-electron chi connectivity index (χ3n) is 1.70. The van der Waals surface area contributed by atoms with Gasteiger partial charge in [-0.2, -0.15) is 11.8 Å². The molecule has 0 aromatic carbocycles. The Labute approximate surface area is 83.0 Å². The largest absolute Gasteiger partial charge is 0.395 e. The lowest BCUT2D eigenvalue weighted by molar-refractivity contribution is -0.125. The standard InChI is InChI=1S/C8H17NO3S/c1-6(7(4-10)13-3)9-8(11)5-12-2/h6-7,10H,4-5H2,1-3H3,(H,9,11). The summed E-state index contributed by atoms with van der Waals surface area (Å²) in [7, 11) is 1.47. The Hall–Kier alpha value is -0.260. The van der Waals surface area contributed by atoms with Crippen LogP contribution in [0.25, 0.3) is 0 Å². The zero-order valence-corrected chi connectivity index (χ0v) is 9.06. The molecule has 13 heavy (non-hydrogen) atoms. The highest BCUT2D eigenvalue weighted by Gasteiger charge is 2.16. The van der Waals surface area contributed by atoms with E-state index in [0.29, 0.717) is 0 Å². The van der Waals surface area contributed by atoms with E-state index in [2.05, 4.69) is 10.1 Å². The van der Waals surface area contributed by atoms with E-state index in [-0.39, 0.29) is 30.4 Å². The third kappa shape index (κ3) is 5.13. The van der Waals surface area contributed by atoms with E-state index in [0.717, 1.165) is 0 Å². The molecule has 0 radical (unpaired) electrons. The fourth-order valence-corrected chi connectivity index (χ4v) is 1.58. The van der Waals surface area contributed by atoms with Gasteiger partial charge in [-0.3, -0.25) is 4.79 Å². The van der Waals surface area contributed by atoms with Crippen molar-refractivity contribution in [2.24, 2.45) is 0 Å². The van der Waals surface area contributed by atoms with Crippen LogP contribution in [-0.4, -0.2) is 48.9 Å². The molecule has 0 saturated heterocycles. The van der Waals surface area contributed by atoms with E-state index < -0.39 is 0 Å². The number of thioether (sulfide) groups is 1. The zero-order valence-electron chi connectivity index (χ0n) is 8.24. The predicted molar refractivity (Wildman–Crippen MR) is 53.9 cm³/mol. The van der Waals surface area contributed by atoms with Gasteiger partial charge in [-0.1, -0.05) is 0 Å². The van der Waals surface area contributed by atoms with Gasteiger partial charge in [0.15, 0.2) is 0 Å². The van der Waals surface area contributed by atoms with E-state index in [1.54, 1.807) is 0 Å². The number of hydrogen-bond acceptors (Lipinski definition) is 4. The van der Waals surface area contributed by atoms with Crippen LogP contribution >= 0.6 is 11.8 Å². The van der Waals surface area contributed by atoms with Crippen molar-refractivity contribution >= 4 is 17.7 Å². The maximum Gasteiger partial charge on any atom is 0.246 e. The second kappa shape index (κ2) is 7.17. The average Bonchev–Trinajstić information content (AvgIpc) is 2.06. The smallest absolute Gasteiger partial charge is 0.246 e. The van der Waals surface area contributed by atoms with Crippen molar-refractivity contribution in [3.05, 3.63) is 0 Å². The molecule has 78 valence electrons. The second-order valence-corrected chi connectivity index (χ2v) is 3.82. The molecule has 0 aromatic rings. The lowest BCUT2D eigenvalue weighted by Gasteiger charge is -2.20. The van der Waals surface area contributed by atoms with Gasteiger partial charge in [-0.25, -0.2) is 0 Å². The molecule has 2 N–H and O–H groups in total. The van der Waals surface area contributed by atoms with Crippen LogP contribution in [0.4, 0.5) is 0 Å². The summed E-state index contributed by atoms with van der Waals surface area (Å²) in [4.78, 5) is 11.1. The number of aliphatic hydroxyl groups is 1. The van der Waals surface area contributed by atoms with E-state index in [1.165, 1.54) is 18.9 Å². The Balaban J connectivity index is 3.82. The molecule has 5 heteroatoms. The summed E-state index contributed by atoms with van der Waals surface area (Å²) in [6.45, 7) is 2.00. The highest BCUT2D eigenvalue weighted by Crippen LogP contribution is 2.09. The average molecular weight is 207 g/mol. The van der Waals surface area contributed by atoms with Crippen molar-refractivity contribution in [2.45, 2.75) is 18.2 Å². The maximum atomic E-state index is 11.1. The molecule has 1 amide bonds. The topological polar surface area (TPSA) is 58.6 Å². The fourth-order valence-electron chi connectivity index (χ4n) is 0.956. The van der Waals surface area contributed by atoms with Crippen molar-refractivity contribution < 1.29 is 14.6 Å². The Morgan fingerprint density at radius 3 is 2.69 bits per heavy atom. The summed E-state index contributed by atoms with van der Waals surface area (Å²) in [5.41, 5.74) is 0. The van der Waals surface area contributed by atoms with Gasteiger partial charge in [0.05, 0.1) is 6.61 Å². The van der Waals surface area contributed by atoms with Crippen LogP contribution in [0.5, 0.6) is 0 Å². The molecule has 0 aliphatic carbocycles. The van der Waals surface area contributed by atoms with E-state index >= 15 is 0 Å². The van der Waals surface area contributed by atoms with Crippen LogP contribution in [0, 0.1) is 0 Å². The number of ether oxygens (including phenoxy) is 1. The maximum absolute atomic E-state index is 11.1.